The second-order valence-corrected chi connectivity index (χ2v) is 16.0. The number of ketones is 1. The van der Waals surface area contributed by atoms with Crippen LogP contribution in [0.1, 0.15) is 127 Å². The molecule has 0 heterocycles. The van der Waals surface area contributed by atoms with Gasteiger partial charge in [0.15, 0.2) is 11.9 Å². The fourth-order valence-corrected chi connectivity index (χ4v) is 11.4. The fourth-order valence-electron chi connectivity index (χ4n) is 11.4. The molecule has 0 aliphatic heterocycles. The molecule has 5 saturated carbocycles. The van der Waals surface area contributed by atoms with E-state index >= 15 is 0 Å². The van der Waals surface area contributed by atoms with Crippen LogP contribution in [0.5, 0.6) is 0 Å². The summed E-state index contributed by atoms with van der Waals surface area (Å²) in [7, 11) is 0. The van der Waals surface area contributed by atoms with Gasteiger partial charge in [-0.25, -0.2) is 0 Å². The van der Waals surface area contributed by atoms with Crippen LogP contribution in [0.3, 0.4) is 0 Å². The molecule has 0 radical (unpaired) electrons. The van der Waals surface area contributed by atoms with Crippen LogP contribution < -0.4 is 0 Å². The Balaban J connectivity index is 1.54. The number of hydrogen-bond acceptors (Lipinski definition) is 3. The van der Waals surface area contributed by atoms with Gasteiger partial charge in [-0.05, 0) is 114 Å². The van der Waals surface area contributed by atoms with Gasteiger partial charge in [0.1, 0.15) is 0 Å². The molecule has 198 valence electrons. The van der Waals surface area contributed by atoms with E-state index in [2.05, 4.69) is 55.4 Å². The fraction of sp³-hybridized carbons (Fsp3) is 0.938. The average molecular weight is 485 g/mol. The highest BCUT2D eigenvalue weighted by Gasteiger charge is 2.71. The van der Waals surface area contributed by atoms with Gasteiger partial charge in [-0.3, -0.25) is 9.59 Å². The van der Waals surface area contributed by atoms with E-state index in [-0.39, 0.29) is 28.5 Å². The minimum absolute atomic E-state index is 0.0130. The number of hydrogen-bond donors (Lipinski definition) is 0. The molecule has 5 aliphatic carbocycles. The largest absolute Gasteiger partial charge is 0.455 e. The highest BCUT2D eigenvalue weighted by molar-refractivity contribution is 5.88. The van der Waals surface area contributed by atoms with E-state index in [0.29, 0.717) is 33.5 Å². The first-order valence-corrected chi connectivity index (χ1v) is 14.7. The molecule has 35 heavy (non-hydrogen) atoms. The first kappa shape index (κ1) is 25.8. The van der Waals surface area contributed by atoms with Crippen molar-refractivity contribution in [3.8, 4) is 0 Å². The summed E-state index contributed by atoms with van der Waals surface area (Å²) in [6.07, 6.45) is 12.0. The Morgan fingerprint density at radius 3 is 2.03 bits per heavy atom. The minimum Gasteiger partial charge on any atom is -0.455 e. The van der Waals surface area contributed by atoms with Crippen molar-refractivity contribution < 1.29 is 14.3 Å². The molecule has 5 aliphatic rings. The van der Waals surface area contributed by atoms with Crippen molar-refractivity contribution in [3.05, 3.63) is 0 Å². The lowest BCUT2D eigenvalue weighted by atomic mass is 9.30. The summed E-state index contributed by atoms with van der Waals surface area (Å²) >= 11 is 0. The van der Waals surface area contributed by atoms with Gasteiger partial charge >= 0.3 is 5.97 Å². The van der Waals surface area contributed by atoms with E-state index in [1.807, 2.05) is 0 Å². The van der Waals surface area contributed by atoms with Gasteiger partial charge in [-0.1, -0.05) is 55.4 Å². The summed E-state index contributed by atoms with van der Waals surface area (Å²) in [4.78, 5) is 25.2. The summed E-state index contributed by atoms with van der Waals surface area (Å²) in [5.74, 6) is 1.72. The smallest absolute Gasteiger partial charge is 0.303 e. The van der Waals surface area contributed by atoms with Crippen LogP contribution in [0.2, 0.25) is 0 Å². The molecule has 0 N–H and O–H groups in total. The maximum absolute atomic E-state index is 13.3. The molecule has 0 aromatic carbocycles. The highest BCUT2D eigenvalue weighted by atomic mass is 16.5. The lowest BCUT2D eigenvalue weighted by Gasteiger charge is -2.75. The van der Waals surface area contributed by atoms with E-state index in [0.717, 1.165) is 18.8 Å². The number of carbonyl (C=O) groups is 2. The van der Waals surface area contributed by atoms with Crippen molar-refractivity contribution in [3.63, 3.8) is 0 Å². The zero-order valence-corrected chi connectivity index (χ0v) is 24.2. The number of carbonyl (C=O) groups excluding carboxylic acids is 2. The second-order valence-electron chi connectivity index (χ2n) is 16.0. The van der Waals surface area contributed by atoms with Crippen molar-refractivity contribution in [1.82, 2.24) is 0 Å². The Hall–Kier alpha value is -0.860. The van der Waals surface area contributed by atoms with Crippen LogP contribution in [-0.4, -0.2) is 17.9 Å². The molecular weight excluding hydrogens is 432 g/mol. The lowest BCUT2D eigenvalue weighted by molar-refractivity contribution is -0.260. The SMILES string of the molecule is CC(=O)O[C@H]1C[C@@H]2[C@](C)(CC[C@H]3[C@@]2(C)CC[C@@]2(C)[C@@H]4CC(C)(C)CC[C@]4(C)CC[C@]32C)[C@@H](C)C1=O. The predicted octanol–water partition coefficient (Wildman–Crippen LogP) is 8.00. The lowest BCUT2D eigenvalue weighted by Crippen LogP contribution is -2.68. The topological polar surface area (TPSA) is 43.4 Å². The molecule has 0 amide bonds. The molecule has 10 atom stereocenters. The van der Waals surface area contributed by atoms with Crippen molar-refractivity contribution >= 4 is 11.8 Å². The Morgan fingerprint density at radius 1 is 0.771 bits per heavy atom. The molecule has 3 heteroatoms. The van der Waals surface area contributed by atoms with Gasteiger partial charge in [-0.15, -0.1) is 0 Å². The molecule has 0 aromatic rings. The Morgan fingerprint density at radius 2 is 1.37 bits per heavy atom. The summed E-state index contributed by atoms with van der Waals surface area (Å²) in [5, 5.41) is 0. The number of fused-ring (bicyclic) bond motifs is 7. The molecule has 0 saturated heterocycles. The van der Waals surface area contributed by atoms with Crippen LogP contribution >= 0.6 is 0 Å². The average Bonchev–Trinajstić information content (AvgIpc) is 2.76. The molecule has 0 unspecified atom stereocenters. The van der Waals surface area contributed by atoms with Crippen molar-refractivity contribution in [2.24, 2.45) is 56.2 Å². The minimum atomic E-state index is -0.550. The van der Waals surface area contributed by atoms with E-state index < -0.39 is 6.10 Å². The number of ether oxygens (including phenoxy) is 1. The van der Waals surface area contributed by atoms with Crippen LogP contribution in [-0.2, 0) is 14.3 Å². The maximum Gasteiger partial charge on any atom is 0.303 e. The van der Waals surface area contributed by atoms with Crippen LogP contribution in [0, 0.1) is 56.2 Å². The van der Waals surface area contributed by atoms with Crippen molar-refractivity contribution in [2.45, 2.75) is 133 Å². The predicted molar refractivity (Wildman–Crippen MR) is 141 cm³/mol. The Bertz CT molecular complexity index is 922. The van der Waals surface area contributed by atoms with E-state index in [1.165, 1.54) is 58.3 Å². The van der Waals surface area contributed by atoms with Gasteiger partial charge in [0, 0.05) is 12.8 Å². The van der Waals surface area contributed by atoms with Gasteiger partial charge in [0.05, 0.1) is 0 Å². The van der Waals surface area contributed by atoms with Crippen LogP contribution in [0.25, 0.3) is 0 Å². The quantitative estimate of drug-likeness (QED) is 0.354. The molecule has 3 nitrogen and oxygen atoms in total. The Kier molecular flexibility index (Phi) is 5.59. The number of rotatable bonds is 1. The van der Waals surface area contributed by atoms with Gasteiger partial charge < -0.3 is 4.74 Å². The third kappa shape index (κ3) is 3.34. The van der Waals surface area contributed by atoms with Gasteiger partial charge in [0.2, 0.25) is 0 Å². The van der Waals surface area contributed by atoms with Crippen molar-refractivity contribution in [1.29, 1.82) is 0 Å². The first-order chi connectivity index (χ1) is 16.0. The van der Waals surface area contributed by atoms with E-state index in [4.69, 9.17) is 4.74 Å². The standard InChI is InChI=1S/C32H52O3/c1-20-26(34)22(35-21(2)33)18-24-29(20,6)11-10-23-30(24,7)15-17-32(9)25-19-27(3,4)12-13-28(25,5)14-16-31(23,32)8/h20,22-25H,10-19H2,1-9H3/t20-,22-,23-,24+,25+,28+,29+,30+,31+,32-/m0/s1. The first-order valence-electron chi connectivity index (χ1n) is 14.7. The normalized spacial score (nSPS) is 55.1. The molecule has 5 fully saturated rings. The number of esters is 1. The summed E-state index contributed by atoms with van der Waals surface area (Å²) in [6.45, 7) is 21.6. The van der Waals surface area contributed by atoms with Crippen molar-refractivity contribution in [2.75, 3.05) is 0 Å². The number of Topliss-reactive ketones (excluding diaryl/α,β-unsaturated/α-hetero) is 1. The zero-order valence-electron chi connectivity index (χ0n) is 24.2. The van der Waals surface area contributed by atoms with Gasteiger partial charge in [0.25, 0.3) is 0 Å². The highest BCUT2D eigenvalue weighted by Crippen LogP contribution is 2.78. The molecule has 0 spiro atoms. The molecule has 0 bridgehead atoms. The van der Waals surface area contributed by atoms with Crippen LogP contribution in [0.4, 0.5) is 0 Å². The molecule has 0 aromatic heterocycles. The summed E-state index contributed by atoms with van der Waals surface area (Å²) < 4.78 is 5.66. The monoisotopic (exact) mass is 484 g/mol. The van der Waals surface area contributed by atoms with E-state index in [1.54, 1.807) is 0 Å². The third-order valence-electron chi connectivity index (χ3n) is 14.1. The Labute approximate surface area is 214 Å². The third-order valence-corrected chi connectivity index (χ3v) is 14.1. The second kappa shape index (κ2) is 7.59. The molecule has 5 rings (SSSR count). The zero-order chi connectivity index (χ0) is 25.8. The van der Waals surface area contributed by atoms with Gasteiger partial charge in [-0.2, -0.15) is 0 Å². The maximum atomic E-state index is 13.3. The van der Waals surface area contributed by atoms with E-state index in [9.17, 15) is 9.59 Å². The summed E-state index contributed by atoms with van der Waals surface area (Å²) in [5.41, 5.74) is 1.87. The summed E-state index contributed by atoms with van der Waals surface area (Å²) in [6, 6.07) is 0. The molecular formula is C32H52O3. The van der Waals surface area contributed by atoms with Crippen LogP contribution in [0.15, 0.2) is 0 Å².